The summed E-state index contributed by atoms with van der Waals surface area (Å²) < 4.78 is 6.17. The summed E-state index contributed by atoms with van der Waals surface area (Å²) in [7, 11) is 0. The molecule has 1 aliphatic carbocycles. The van der Waals surface area contributed by atoms with Gasteiger partial charge < -0.3 is 19.8 Å². The number of ether oxygens (including phenoxy) is 1. The van der Waals surface area contributed by atoms with Crippen molar-refractivity contribution >= 4 is 16.7 Å². The predicted molar refractivity (Wildman–Crippen MR) is 156 cm³/mol. The molecule has 0 radical (unpaired) electrons. The normalized spacial score (nSPS) is 16.2. The Morgan fingerprint density at radius 3 is 2.67 bits per heavy atom. The van der Waals surface area contributed by atoms with Crippen LogP contribution < -0.4 is 4.74 Å². The average Bonchev–Trinajstić information content (AvgIpc) is 3.61. The van der Waals surface area contributed by atoms with Crippen molar-refractivity contribution < 1.29 is 19.7 Å². The molecule has 2 aliphatic rings. The number of carbonyl (C=O) groups is 1. The minimum atomic E-state index is -0.112. The van der Waals surface area contributed by atoms with Crippen molar-refractivity contribution in [2.45, 2.75) is 91.6 Å². The second-order valence-electron chi connectivity index (χ2n) is 11.9. The first kappa shape index (κ1) is 28.3. The molecule has 0 saturated heterocycles. The van der Waals surface area contributed by atoms with Crippen LogP contribution in [0.3, 0.4) is 0 Å². The molecule has 2 aromatic carbocycles. The van der Waals surface area contributed by atoms with Crippen molar-refractivity contribution in [2.75, 3.05) is 13.2 Å². The van der Waals surface area contributed by atoms with Crippen molar-refractivity contribution in [3.8, 4) is 11.8 Å². The van der Waals surface area contributed by atoms with Gasteiger partial charge in [0.15, 0.2) is 0 Å². The number of hydrogen-bond donors (Lipinski definition) is 2. The molecule has 1 aromatic heterocycles. The molecule has 3 aromatic rings. The number of phenols is 1. The summed E-state index contributed by atoms with van der Waals surface area (Å²) in [4.78, 5) is 25.4. The van der Waals surface area contributed by atoms with Crippen LogP contribution >= 0.6 is 0 Å². The summed E-state index contributed by atoms with van der Waals surface area (Å²) in [6.45, 7) is 8.13. The molecule has 5 rings (SSSR count). The van der Waals surface area contributed by atoms with Crippen LogP contribution in [0, 0.1) is 18.3 Å². The highest BCUT2D eigenvalue weighted by atomic mass is 16.5. The van der Waals surface area contributed by atoms with E-state index < -0.39 is 0 Å². The van der Waals surface area contributed by atoms with Crippen molar-refractivity contribution in [1.82, 2.24) is 14.9 Å². The Hall–Kier alpha value is -3.19. The molecule has 1 aliphatic heterocycles. The lowest BCUT2D eigenvalue weighted by Gasteiger charge is -2.18. The summed E-state index contributed by atoms with van der Waals surface area (Å²) in [5, 5.41) is 21.4. The van der Waals surface area contributed by atoms with Gasteiger partial charge in [0.1, 0.15) is 5.75 Å². The van der Waals surface area contributed by atoms with Crippen LogP contribution in [0.2, 0.25) is 0 Å². The molecule has 2 heterocycles. The highest BCUT2D eigenvalue weighted by molar-refractivity contribution is 6.09. The number of nitrogens with zero attached hydrogens (tertiary/aromatic N) is 3. The predicted octanol–water partition coefficient (Wildman–Crippen LogP) is 6.49. The lowest BCUT2D eigenvalue weighted by atomic mass is 9.95. The number of amides is 1. The highest BCUT2D eigenvalue weighted by Gasteiger charge is 2.42. The number of rotatable bonds is 13. The van der Waals surface area contributed by atoms with E-state index in [2.05, 4.69) is 13.8 Å². The molecule has 1 unspecified atom stereocenters. The van der Waals surface area contributed by atoms with Gasteiger partial charge in [-0.2, -0.15) is 9.97 Å². The van der Waals surface area contributed by atoms with Crippen LogP contribution in [-0.4, -0.2) is 44.2 Å². The fourth-order valence-corrected chi connectivity index (χ4v) is 6.11. The summed E-state index contributed by atoms with van der Waals surface area (Å²) in [5.41, 5.74) is 4.65. The number of carbonyl (C=O) groups excluding carboxylic acids is 1. The van der Waals surface area contributed by atoms with Gasteiger partial charge in [-0.25, -0.2) is 0 Å². The van der Waals surface area contributed by atoms with Crippen LogP contribution in [0.5, 0.6) is 11.8 Å². The number of fused-ring (bicyclic) bond motifs is 2. The minimum Gasteiger partial charge on any atom is -0.508 e. The number of aromatic hydroxyl groups is 1. The van der Waals surface area contributed by atoms with Crippen molar-refractivity contribution in [3.05, 3.63) is 58.4 Å². The average molecular weight is 546 g/mol. The molecule has 40 heavy (non-hydrogen) atoms. The number of unbranched alkanes of at least 4 members (excludes halogenated alkanes) is 1. The molecule has 1 fully saturated rings. The van der Waals surface area contributed by atoms with E-state index in [9.17, 15) is 15.0 Å². The topological polar surface area (TPSA) is 95.8 Å². The first-order valence-corrected chi connectivity index (χ1v) is 15.0. The zero-order chi connectivity index (χ0) is 28.3. The molecule has 0 bridgehead atoms. The van der Waals surface area contributed by atoms with Gasteiger partial charge in [-0.3, -0.25) is 4.79 Å². The summed E-state index contributed by atoms with van der Waals surface area (Å²) in [5.74, 6) is 0.530. The second kappa shape index (κ2) is 12.1. The quantitative estimate of drug-likeness (QED) is 0.238. The van der Waals surface area contributed by atoms with Gasteiger partial charge in [0.2, 0.25) is 0 Å². The zero-order valence-corrected chi connectivity index (χ0v) is 24.2. The lowest BCUT2D eigenvalue weighted by Crippen LogP contribution is -2.25. The smallest absolute Gasteiger partial charge is 0.316 e. The Morgan fingerprint density at radius 1 is 1.12 bits per heavy atom. The molecule has 1 atom stereocenters. The Bertz CT molecular complexity index is 1370. The summed E-state index contributed by atoms with van der Waals surface area (Å²) >= 11 is 0. The maximum absolute atomic E-state index is 13.9. The summed E-state index contributed by atoms with van der Waals surface area (Å²) in [6.07, 6.45) is 9.39. The summed E-state index contributed by atoms with van der Waals surface area (Å²) in [6, 6.07) is 9.58. The van der Waals surface area contributed by atoms with Crippen LogP contribution in [0.1, 0.15) is 98.1 Å². The van der Waals surface area contributed by atoms with Crippen LogP contribution in [0.15, 0.2) is 30.3 Å². The van der Waals surface area contributed by atoms with E-state index in [0.29, 0.717) is 37.2 Å². The number of phenolic OH excluding ortho intramolecular Hbond substituents is 1. The van der Waals surface area contributed by atoms with E-state index >= 15 is 0 Å². The second-order valence-corrected chi connectivity index (χ2v) is 11.9. The SMILES string of the molecule is CCC(CCO)CCCCc1nc(OCC2(CC)CC2)nc2c1CN(C(=O)c1cc(O)cc3cccc(C)c13)C2. The van der Waals surface area contributed by atoms with Gasteiger partial charge in [-0.1, -0.05) is 51.3 Å². The fourth-order valence-electron chi connectivity index (χ4n) is 6.11. The van der Waals surface area contributed by atoms with E-state index in [1.165, 1.54) is 12.8 Å². The third kappa shape index (κ3) is 6.09. The molecule has 7 heteroatoms. The number of aliphatic hydroxyl groups excluding tert-OH is 1. The standard InChI is InChI=1S/C33H43N3O4/c1-4-23(13-16-37)10-6-7-12-28-27-19-36(20-29(27)35-32(34-28)40-21-33(5-2)14-15-33)31(39)26-18-25(38)17-24-11-8-9-22(3)30(24)26/h8-9,11,17-18,23,37-38H,4-7,10,12-16,19-21H2,1-3H3. The van der Waals surface area contributed by atoms with Crippen molar-refractivity contribution in [2.24, 2.45) is 11.3 Å². The number of aryl methyl sites for hydroxylation is 2. The molecular weight excluding hydrogens is 502 g/mol. The fraction of sp³-hybridized carbons (Fsp3) is 0.545. The van der Waals surface area contributed by atoms with Gasteiger partial charge >= 0.3 is 6.01 Å². The third-order valence-corrected chi connectivity index (χ3v) is 9.14. The maximum Gasteiger partial charge on any atom is 0.316 e. The van der Waals surface area contributed by atoms with Gasteiger partial charge in [0, 0.05) is 17.6 Å². The Balaban J connectivity index is 1.37. The molecule has 2 N–H and O–H groups in total. The van der Waals surface area contributed by atoms with Crippen LogP contribution in [0.25, 0.3) is 10.8 Å². The van der Waals surface area contributed by atoms with Gasteiger partial charge in [-0.15, -0.1) is 0 Å². The van der Waals surface area contributed by atoms with Crippen molar-refractivity contribution in [1.29, 1.82) is 0 Å². The number of benzene rings is 2. The number of hydrogen-bond acceptors (Lipinski definition) is 6. The van der Waals surface area contributed by atoms with Crippen LogP contribution in [-0.2, 0) is 19.5 Å². The van der Waals surface area contributed by atoms with Gasteiger partial charge in [0.25, 0.3) is 5.91 Å². The van der Waals surface area contributed by atoms with Gasteiger partial charge in [0.05, 0.1) is 36.6 Å². The first-order chi connectivity index (χ1) is 19.4. The molecule has 214 valence electrons. The van der Waals surface area contributed by atoms with Crippen molar-refractivity contribution in [3.63, 3.8) is 0 Å². The maximum atomic E-state index is 13.9. The molecule has 7 nitrogen and oxygen atoms in total. The van der Waals surface area contributed by atoms with E-state index in [0.717, 1.165) is 78.2 Å². The number of aromatic nitrogens is 2. The third-order valence-electron chi connectivity index (χ3n) is 9.14. The monoisotopic (exact) mass is 545 g/mol. The van der Waals surface area contributed by atoms with E-state index in [-0.39, 0.29) is 23.7 Å². The van der Waals surface area contributed by atoms with E-state index in [1.54, 1.807) is 12.1 Å². The Morgan fingerprint density at radius 2 is 1.95 bits per heavy atom. The molecule has 1 saturated carbocycles. The number of aliphatic hydroxyl groups is 1. The zero-order valence-electron chi connectivity index (χ0n) is 24.2. The van der Waals surface area contributed by atoms with E-state index in [1.807, 2.05) is 30.0 Å². The minimum absolute atomic E-state index is 0.0887. The van der Waals surface area contributed by atoms with E-state index in [4.69, 9.17) is 14.7 Å². The largest absolute Gasteiger partial charge is 0.508 e. The molecule has 0 spiro atoms. The first-order valence-electron chi connectivity index (χ1n) is 15.0. The molecule has 1 amide bonds. The molecular formula is C33H43N3O4. The highest BCUT2D eigenvalue weighted by Crippen LogP contribution is 2.48. The lowest BCUT2D eigenvalue weighted by molar-refractivity contribution is 0.0751. The van der Waals surface area contributed by atoms with Crippen LogP contribution in [0.4, 0.5) is 0 Å². The Labute approximate surface area is 237 Å². The van der Waals surface area contributed by atoms with Gasteiger partial charge in [-0.05, 0) is 79.8 Å². The Kier molecular flexibility index (Phi) is 8.60.